The molecule has 110 valence electrons. The fourth-order valence-corrected chi connectivity index (χ4v) is 2.44. The number of nitrogens with zero attached hydrogens (tertiary/aromatic N) is 1. The van der Waals surface area contributed by atoms with Gasteiger partial charge in [-0.2, -0.15) is 0 Å². The fraction of sp³-hybridized carbons (Fsp3) is 0.214. The van der Waals surface area contributed by atoms with Gasteiger partial charge in [-0.05, 0) is 24.6 Å². The normalized spacial score (nSPS) is 10.2. The Balaban J connectivity index is 2.10. The topological polar surface area (TPSA) is 88.5 Å². The summed E-state index contributed by atoms with van der Waals surface area (Å²) in [4.78, 5) is 26.7. The van der Waals surface area contributed by atoms with Crippen molar-refractivity contribution in [3.05, 3.63) is 40.4 Å². The second-order valence-corrected chi connectivity index (χ2v) is 5.21. The molecule has 2 rings (SSSR count). The first-order valence-corrected chi connectivity index (χ1v) is 6.99. The number of carbonyl (C=O) groups excluding carboxylic acids is 1. The Morgan fingerprint density at radius 2 is 2.19 bits per heavy atom. The largest absolute Gasteiger partial charge is 0.496 e. The lowest BCUT2D eigenvalue weighted by atomic mass is 10.1. The van der Waals surface area contributed by atoms with E-state index in [4.69, 9.17) is 9.84 Å². The molecule has 0 fully saturated rings. The molecular weight excluding hydrogens is 292 g/mol. The van der Waals surface area contributed by atoms with Crippen molar-refractivity contribution in [1.82, 2.24) is 4.98 Å². The second-order valence-electron chi connectivity index (χ2n) is 4.35. The summed E-state index contributed by atoms with van der Waals surface area (Å²) in [5.41, 5.74) is 1.81. The third-order valence-electron chi connectivity index (χ3n) is 2.77. The SMILES string of the molecule is COc1cc(C(=O)Nc2nc(CC(=O)O)cs2)ccc1C. The molecular formula is C14H14N2O4S. The van der Waals surface area contributed by atoms with Crippen LogP contribution >= 0.6 is 11.3 Å². The molecule has 0 aliphatic rings. The van der Waals surface area contributed by atoms with Crippen molar-refractivity contribution in [2.45, 2.75) is 13.3 Å². The zero-order valence-corrected chi connectivity index (χ0v) is 12.4. The summed E-state index contributed by atoms with van der Waals surface area (Å²) < 4.78 is 5.18. The van der Waals surface area contributed by atoms with Crippen molar-refractivity contribution in [2.24, 2.45) is 0 Å². The number of carbonyl (C=O) groups is 2. The van der Waals surface area contributed by atoms with Crippen LogP contribution in [0.2, 0.25) is 0 Å². The molecule has 1 amide bonds. The number of hydrogen-bond acceptors (Lipinski definition) is 5. The molecule has 0 bridgehead atoms. The quantitative estimate of drug-likeness (QED) is 0.885. The summed E-state index contributed by atoms with van der Waals surface area (Å²) >= 11 is 1.19. The standard InChI is InChI=1S/C14H14N2O4S/c1-8-3-4-9(5-11(8)20-2)13(19)16-14-15-10(7-21-14)6-12(17)18/h3-5,7H,6H2,1-2H3,(H,17,18)(H,15,16,19). The van der Waals surface area contributed by atoms with Crippen LogP contribution in [0.25, 0.3) is 0 Å². The molecule has 2 N–H and O–H groups in total. The Morgan fingerprint density at radius 3 is 2.86 bits per heavy atom. The number of nitrogens with one attached hydrogen (secondary N) is 1. The fourth-order valence-electron chi connectivity index (χ4n) is 1.73. The van der Waals surface area contributed by atoms with Crippen molar-refractivity contribution in [1.29, 1.82) is 0 Å². The van der Waals surface area contributed by atoms with Gasteiger partial charge in [0.05, 0.1) is 19.2 Å². The van der Waals surface area contributed by atoms with E-state index in [0.717, 1.165) is 5.56 Å². The maximum Gasteiger partial charge on any atom is 0.309 e. The Kier molecular flexibility index (Phi) is 4.54. The molecule has 6 nitrogen and oxygen atoms in total. The van der Waals surface area contributed by atoms with Crippen molar-refractivity contribution < 1.29 is 19.4 Å². The minimum atomic E-state index is -0.957. The summed E-state index contributed by atoms with van der Waals surface area (Å²) in [6.45, 7) is 1.89. The maximum absolute atomic E-state index is 12.1. The molecule has 0 unspecified atom stereocenters. The minimum absolute atomic E-state index is 0.162. The zero-order valence-electron chi connectivity index (χ0n) is 11.5. The van der Waals surface area contributed by atoms with Gasteiger partial charge in [0, 0.05) is 10.9 Å². The number of anilines is 1. The Hall–Kier alpha value is -2.41. The number of ether oxygens (including phenoxy) is 1. The molecule has 0 saturated carbocycles. The van der Waals surface area contributed by atoms with E-state index in [9.17, 15) is 9.59 Å². The summed E-state index contributed by atoms with van der Waals surface area (Å²) in [7, 11) is 1.54. The zero-order chi connectivity index (χ0) is 15.4. The molecule has 0 aliphatic heterocycles. The number of hydrogen-bond donors (Lipinski definition) is 2. The molecule has 1 aromatic carbocycles. The number of aryl methyl sites for hydroxylation is 1. The third kappa shape index (κ3) is 3.79. The van der Waals surface area contributed by atoms with E-state index < -0.39 is 5.97 Å². The molecule has 1 heterocycles. The van der Waals surface area contributed by atoms with Crippen molar-refractivity contribution in [3.8, 4) is 5.75 Å². The molecule has 0 atom stereocenters. The van der Waals surface area contributed by atoms with Crippen LogP contribution < -0.4 is 10.1 Å². The first-order valence-electron chi connectivity index (χ1n) is 6.12. The summed E-state index contributed by atoms with van der Waals surface area (Å²) in [6.07, 6.45) is -0.162. The molecule has 21 heavy (non-hydrogen) atoms. The predicted octanol–water partition coefficient (Wildman–Crippen LogP) is 2.34. The minimum Gasteiger partial charge on any atom is -0.496 e. The van der Waals surface area contributed by atoms with Crippen molar-refractivity contribution in [2.75, 3.05) is 12.4 Å². The molecule has 2 aromatic rings. The molecule has 0 radical (unpaired) electrons. The Morgan fingerprint density at radius 1 is 1.43 bits per heavy atom. The highest BCUT2D eigenvalue weighted by Gasteiger charge is 2.12. The van der Waals surface area contributed by atoms with Gasteiger partial charge >= 0.3 is 5.97 Å². The number of benzene rings is 1. The van der Waals surface area contributed by atoms with Crippen molar-refractivity contribution in [3.63, 3.8) is 0 Å². The van der Waals surface area contributed by atoms with Gasteiger partial charge in [-0.3, -0.25) is 14.9 Å². The van der Waals surface area contributed by atoms with E-state index >= 15 is 0 Å². The van der Waals surface area contributed by atoms with Gasteiger partial charge in [0.25, 0.3) is 5.91 Å². The number of carboxylic acids is 1. The van der Waals surface area contributed by atoms with Gasteiger partial charge in [0.15, 0.2) is 5.13 Å². The Bertz CT molecular complexity index is 681. The van der Waals surface area contributed by atoms with E-state index in [1.807, 2.05) is 6.92 Å². The molecule has 0 saturated heterocycles. The molecule has 7 heteroatoms. The van der Waals surface area contributed by atoms with E-state index in [1.165, 1.54) is 11.3 Å². The van der Waals surface area contributed by atoms with Crippen LogP contribution in [0.15, 0.2) is 23.6 Å². The highest BCUT2D eigenvalue weighted by molar-refractivity contribution is 7.14. The van der Waals surface area contributed by atoms with Crippen LogP contribution in [-0.4, -0.2) is 29.1 Å². The summed E-state index contributed by atoms with van der Waals surface area (Å²) in [5, 5.41) is 13.3. The van der Waals surface area contributed by atoms with Gasteiger partial charge in [0.1, 0.15) is 5.75 Å². The lowest BCUT2D eigenvalue weighted by molar-refractivity contribution is -0.136. The highest BCUT2D eigenvalue weighted by Crippen LogP contribution is 2.21. The monoisotopic (exact) mass is 306 g/mol. The average molecular weight is 306 g/mol. The summed E-state index contributed by atoms with van der Waals surface area (Å²) in [6, 6.07) is 5.14. The first kappa shape index (κ1) is 15.0. The van der Waals surface area contributed by atoms with Crippen LogP contribution in [0, 0.1) is 6.92 Å². The van der Waals surface area contributed by atoms with Crippen LogP contribution in [0.5, 0.6) is 5.75 Å². The predicted molar refractivity (Wildman–Crippen MR) is 79.1 cm³/mol. The van der Waals surface area contributed by atoms with E-state index in [1.54, 1.807) is 30.7 Å². The van der Waals surface area contributed by atoms with E-state index in [2.05, 4.69) is 10.3 Å². The first-order chi connectivity index (χ1) is 9.99. The number of amides is 1. The van der Waals surface area contributed by atoms with Gasteiger partial charge in [-0.15, -0.1) is 11.3 Å². The highest BCUT2D eigenvalue weighted by atomic mass is 32.1. The van der Waals surface area contributed by atoms with Gasteiger partial charge in [-0.25, -0.2) is 4.98 Å². The van der Waals surface area contributed by atoms with Crippen LogP contribution in [-0.2, 0) is 11.2 Å². The molecule has 1 aromatic heterocycles. The molecule has 0 spiro atoms. The van der Waals surface area contributed by atoms with Crippen LogP contribution in [0.1, 0.15) is 21.6 Å². The smallest absolute Gasteiger partial charge is 0.309 e. The number of aromatic nitrogens is 1. The third-order valence-corrected chi connectivity index (χ3v) is 3.58. The average Bonchev–Trinajstić information content (AvgIpc) is 2.85. The van der Waals surface area contributed by atoms with E-state index in [0.29, 0.717) is 22.1 Å². The number of carboxylic acid groups (broad SMARTS) is 1. The van der Waals surface area contributed by atoms with E-state index in [-0.39, 0.29) is 12.3 Å². The lowest BCUT2D eigenvalue weighted by Crippen LogP contribution is -2.12. The van der Waals surface area contributed by atoms with Crippen LogP contribution in [0.4, 0.5) is 5.13 Å². The maximum atomic E-state index is 12.1. The lowest BCUT2D eigenvalue weighted by Gasteiger charge is -2.07. The van der Waals surface area contributed by atoms with Gasteiger partial charge < -0.3 is 9.84 Å². The van der Waals surface area contributed by atoms with Crippen LogP contribution in [0.3, 0.4) is 0 Å². The molecule has 0 aliphatic carbocycles. The Labute approximate surface area is 125 Å². The number of thiazole rings is 1. The number of aliphatic carboxylic acids is 1. The van der Waals surface area contributed by atoms with Gasteiger partial charge in [0.2, 0.25) is 0 Å². The van der Waals surface area contributed by atoms with Gasteiger partial charge in [-0.1, -0.05) is 6.07 Å². The summed E-state index contributed by atoms with van der Waals surface area (Å²) in [5.74, 6) is -0.640. The number of methoxy groups -OCH3 is 1. The van der Waals surface area contributed by atoms with Crippen molar-refractivity contribution >= 4 is 28.3 Å². The second kappa shape index (κ2) is 6.36. The number of rotatable bonds is 5.